The van der Waals surface area contributed by atoms with Crippen molar-refractivity contribution < 1.29 is 0 Å². The molecule has 1 aliphatic rings. The van der Waals surface area contributed by atoms with Crippen molar-refractivity contribution in [2.24, 2.45) is 0 Å². The first-order chi connectivity index (χ1) is 9.33. The Labute approximate surface area is 112 Å². The van der Waals surface area contributed by atoms with Crippen LogP contribution in [0.25, 0.3) is 0 Å². The lowest BCUT2D eigenvalue weighted by atomic mass is 9.96. The summed E-state index contributed by atoms with van der Waals surface area (Å²) in [6.07, 6.45) is 10.3. The zero-order valence-corrected chi connectivity index (χ0v) is 11.0. The van der Waals surface area contributed by atoms with Gasteiger partial charge in [0.15, 0.2) is 0 Å². The van der Waals surface area contributed by atoms with Gasteiger partial charge in [-0.3, -0.25) is 14.9 Å². The summed E-state index contributed by atoms with van der Waals surface area (Å²) >= 11 is 0. The molecule has 0 atom stereocenters. The van der Waals surface area contributed by atoms with E-state index in [2.05, 4.69) is 10.1 Å². The Morgan fingerprint density at radius 2 is 2.16 bits per heavy atom. The van der Waals surface area contributed by atoms with E-state index in [4.69, 9.17) is 0 Å². The Kier molecular flexibility index (Phi) is 3.49. The van der Waals surface area contributed by atoms with Crippen LogP contribution in [0.4, 0.5) is 0 Å². The van der Waals surface area contributed by atoms with Gasteiger partial charge in [0.2, 0.25) is 0 Å². The molecule has 0 saturated heterocycles. The fourth-order valence-corrected chi connectivity index (χ4v) is 2.88. The SMILES string of the molecule is O=c1cc(Cc2cccnc2)[nH]n1C1CCCCC1. The molecule has 2 heterocycles. The van der Waals surface area contributed by atoms with Gasteiger partial charge in [0.1, 0.15) is 0 Å². The minimum absolute atomic E-state index is 0.103. The third-order valence-corrected chi connectivity index (χ3v) is 3.86. The van der Waals surface area contributed by atoms with Crippen molar-refractivity contribution in [2.45, 2.75) is 44.6 Å². The predicted molar refractivity (Wildman–Crippen MR) is 74.2 cm³/mol. The number of H-pyrrole nitrogens is 1. The second-order valence-electron chi connectivity index (χ2n) is 5.32. The lowest BCUT2D eigenvalue weighted by molar-refractivity contribution is 0.322. The molecule has 1 N–H and O–H groups in total. The number of hydrogen-bond acceptors (Lipinski definition) is 2. The average molecular weight is 257 g/mol. The molecule has 4 nitrogen and oxygen atoms in total. The highest BCUT2D eigenvalue weighted by Crippen LogP contribution is 2.26. The van der Waals surface area contributed by atoms with Crippen LogP contribution in [-0.2, 0) is 6.42 Å². The van der Waals surface area contributed by atoms with Crippen LogP contribution in [0, 0.1) is 0 Å². The summed E-state index contributed by atoms with van der Waals surface area (Å²) in [6, 6.07) is 6.04. The summed E-state index contributed by atoms with van der Waals surface area (Å²) in [7, 11) is 0. The molecule has 0 bridgehead atoms. The second kappa shape index (κ2) is 5.43. The zero-order valence-electron chi connectivity index (χ0n) is 11.0. The van der Waals surface area contributed by atoms with Crippen molar-refractivity contribution in [1.29, 1.82) is 0 Å². The first-order valence-corrected chi connectivity index (χ1v) is 7.02. The van der Waals surface area contributed by atoms with E-state index in [-0.39, 0.29) is 5.56 Å². The molecule has 0 amide bonds. The Morgan fingerprint density at radius 3 is 2.89 bits per heavy atom. The van der Waals surface area contributed by atoms with Gasteiger partial charge in [-0.2, -0.15) is 0 Å². The second-order valence-corrected chi connectivity index (χ2v) is 5.32. The van der Waals surface area contributed by atoms with E-state index in [9.17, 15) is 4.79 Å². The normalized spacial score (nSPS) is 16.6. The van der Waals surface area contributed by atoms with E-state index in [0.29, 0.717) is 6.04 Å². The Bertz CT molecular complexity index is 579. The molecule has 2 aromatic heterocycles. The molecule has 2 aromatic rings. The fraction of sp³-hybridized carbons (Fsp3) is 0.467. The molecule has 0 unspecified atom stereocenters. The van der Waals surface area contributed by atoms with Crippen molar-refractivity contribution in [2.75, 3.05) is 0 Å². The minimum Gasteiger partial charge on any atom is -0.299 e. The van der Waals surface area contributed by atoms with Gasteiger partial charge < -0.3 is 0 Å². The first-order valence-electron chi connectivity index (χ1n) is 7.02. The molecular weight excluding hydrogens is 238 g/mol. The van der Waals surface area contributed by atoms with E-state index < -0.39 is 0 Å². The molecular formula is C15H19N3O. The summed E-state index contributed by atoms with van der Waals surface area (Å²) in [5.41, 5.74) is 2.20. The maximum Gasteiger partial charge on any atom is 0.266 e. The molecule has 100 valence electrons. The molecule has 19 heavy (non-hydrogen) atoms. The maximum atomic E-state index is 12.0. The number of nitrogens with one attached hydrogen (secondary N) is 1. The van der Waals surface area contributed by atoms with Gasteiger partial charge >= 0.3 is 0 Å². The monoisotopic (exact) mass is 257 g/mol. The Morgan fingerprint density at radius 1 is 1.32 bits per heavy atom. The number of aromatic nitrogens is 3. The Balaban J connectivity index is 1.79. The van der Waals surface area contributed by atoms with Gasteiger partial charge in [0.05, 0.1) is 6.04 Å². The molecule has 3 rings (SSSR count). The molecule has 4 heteroatoms. The summed E-state index contributed by atoms with van der Waals surface area (Å²) in [4.78, 5) is 16.1. The number of pyridine rings is 1. The lowest BCUT2D eigenvalue weighted by Crippen LogP contribution is -2.23. The lowest BCUT2D eigenvalue weighted by Gasteiger charge is -2.22. The quantitative estimate of drug-likeness (QED) is 0.919. The highest BCUT2D eigenvalue weighted by molar-refractivity contribution is 5.17. The summed E-state index contributed by atoms with van der Waals surface area (Å²) < 4.78 is 1.82. The summed E-state index contributed by atoms with van der Waals surface area (Å²) in [6.45, 7) is 0. The van der Waals surface area contributed by atoms with Crippen molar-refractivity contribution in [3.05, 3.63) is 52.2 Å². The largest absolute Gasteiger partial charge is 0.299 e. The van der Waals surface area contributed by atoms with Crippen molar-refractivity contribution in [1.82, 2.24) is 14.8 Å². The van der Waals surface area contributed by atoms with Crippen molar-refractivity contribution in [3.63, 3.8) is 0 Å². The summed E-state index contributed by atoms with van der Waals surface area (Å²) in [5.74, 6) is 0. The predicted octanol–water partition coefficient (Wildman–Crippen LogP) is 2.67. The van der Waals surface area contributed by atoms with Gasteiger partial charge in [0, 0.05) is 30.6 Å². The number of nitrogens with zero attached hydrogens (tertiary/aromatic N) is 2. The molecule has 0 aliphatic heterocycles. The zero-order chi connectivity index (χ0) is 13.1. The molecule has 0 radical (unpaired) electrons. The third kappa shape index (κ3) is 2.78. The topological polar surface area (TPSA) is 50.7 Å². The van der Waals surface area contributed by atoms with Crippen LogP contribution in [0.2, 0.25) is 0 Å². The van der Waals surface area contributed by atoms with E-state index in [1.165, 1.54) is 19.3 Å². The van der Waals surface area contributed by atoms with E-state index >= 15 is 0 Å². The number of hydrogen-bond donors (Lipinski definition) is 1. The standard InChI is InChI=1S/C15H19N3O/c19-15-10-13(9-12-5-4-8-16-11-12)17-18(15)14-6-2-1-3-7-14/h4-5,8,10-11,14,17H,1-3,6-7,9H2. The van der Waals surface area contributed by atoms with Gasteiger partial charge in [-0.25, -0.2) is 4.68 Å². The molecule has 0 spiro atoms. The van der Waals surface area contributed by atoms with Crippen LogP contribution >= 0.6 is 0 Å². The van der Waals surface area contributed by atoms with Crippen molar-refractivity contribution >= 4 is 0 Å². The van der Waals surface area contributed by atoms with E-state index in [0.717, 1.165) is 30.5 Å². The third-order valence-electron chi connectivity index (χ3n) is 3.86. The van der Waals surface area contributed by atoms with Crippen LogP contribution in [0.3, 0.4) is 0 Å². The van der Waals surface area contributed by atoms with Crippen LogP contribution in [0.5, 0.6) is 0 Å². The highest BCUT2D eigenvalue weighted by atomic mass is 16.1. The van der Waals surface area contributed by atoms with Gasteiger partial charge in [-0.1, -0.05) is 25.3 Å². The minimum atomic E-state index is 0.103. The fourth-order valence-electron chi connectivity index (χ4n) is 2.88. The van der Waals surface area contributed by atoms with Crippen LogP contribution in [0.15, 0.2) is 35.4 Å². The van der Waals surface area contributed by atoms with E-state index in [1.807, 2.05) is 23.0 Å². The maximum absolute atomic E-state index is 12.0. The van der Waals surface area contributed by atoms with Crippen LogP contribution in [-0.4, -0.2) is 14.8 Å². The van der Waals surface area contributed by atoms with Gasteiger partial charge in [-0.15, -0.1) is 0 Å². The van der Waals surface area contributed by atoms with Crippen LogP contribution in [0.1, 0.15) is 49.4 Å². The smallest absolute Gasteiger partial charge is 0.266 e. The molecule has 1 aliphatic carbocycles. The Hall–Kier alpha value is -1.84. The summed E-state index contributed by atoms with van der Waals surface area (Å²) in [5, 5.41) is 3.28. The molecule has 1 saturated carbocycles. The number of aromatic amines is 1. The van der Waals surface area contributed by atoms with Crippen molar-refractivity contribution in [3.8, 4) is 0 Å². The van der Waals surface area contributed by atoms with E-state index in [1.54, 1.807) is 12.3 Å². The van der Waals surface area contributed by atoms with Crippen LogP contribution < -0.4 is 5.56 Å². The first kappa shape index (κ1) is 12.2. The molecule has 1 fully saturated rings. The molecule has 0 aromatic carbocycles. The average Bonchev–Trinajstić information content (AvgIpc) is 2.82. The van der Waals surface area contributed by atoms with Gasteiger partial charge in [0.25, 0.3) is 5.56 Å². The van der Waals surface area contributed by atoms with Gasteiger partial charge in [-0.05, 0) is 24.5 Å². The number of rotatable bonds is 3. The highest BCUT2D eigenvalue weighted by Gasteiger charge is 2.17.